The number of aromatic nitrogens is 2. The Morgan fingerprint density at radius 3 is 2.84 bits per heavy atom. The average Bonchev–Trinajstić information content (AvgIpc) is 3.07. The van der Waals surface area contributed by atoms with Gasteiger partial charge >= 0.3 is 0 Å². The largest absolute Gasteiger partial charge is 0.381 e. The number of nitrogens with zero attached hydrogens (tertiary/aromatic N) is 3. The Bertz CT molecular complexity index is 868. The standard InChI is InChI=1S/C19H23N3O3/c1-14-15-5-2-3-6-16(15)18(24)22(20-14)11-17(23)21-9-4-7-19(12-21)8-10-25-13-19/h2-3,5-6H,4,7-13H2,1H3/t19-/m0/s1. The minimum atomic E-state index is -0.203. The normalized spacial score (nSPS) is 23.5. The Hall–Kier alpha value is -2.21. The average molecular weight is 341 g/mol. The molecule has 2 aromatic rings. The SMILES string of the molecule is Cc1nn(CC(=O)N2CCC[C@]3(CCOC3)C2)c(=O)c2ccccc12. The summed E-state index contributed by atoms with van der Waals surface area (Å²) in [4.78, 5) is 27.3. The minimum absolute atomic E-state index is 0.00143. The van der Waals surface area contributed by atoms with E-state index in [0.29, 0.717) is 5.39 Å². The van der Waals surface area contributed by atoms with Crippen molar-refractivity contribution in [2.24, 2.45) is 5.41 Å². The maximum atomic E-state index is 12.8. The maximum absolute atomic E-state index is 12.8. The van der Waals surface area contributed by atoms with Gasteiger partial charge in [0.25, 0.3) is 5.56 Å². The van der Waals surface area contributed by atoms with Crippen molar-refractivity contribution in [3.05, 3.63) is 40.3 Å². The molecule has 2 saturated heterocycles. The summed E-state index contributed by atoms with van der Waals surface area (Å²) in [5.74, 6) is -0.0322. The zero-order chi connectivity index (χ0) is 17.4. The molecule has 0 radical (unpaired) electrons. The highest BCUT2D eigenvalue weighted by molar-refractivity contribution is 5.83. The third-order valence-corrected chi connectivity index (χ3v) is 5.54. The first-order chi connectivity index (χ1) is 12.1. The third-order valence-electron chi connectivity index (χ3n) is 5.54. The van der Waals surface area contributed by atoms with E-state index in [2.05, 4.69) is 5.10 Å². The fraction of sp³-hybridized carbons (Fsp3) is 0.526. The van der Waals surface area contributed by atoms with E-state index in [1.165, 1.54) is 4.68 Å². The van der Waals surface area contributed by atoms with Crippen LogP contribution in [0.5, 0.6) is 0 Å². The molecule has 132 valence electrons. The van der Waals surface area contributed by atoms with Crippen LogP contribution >= 0.6 is 0 Å². The lowest BCUT2D eigenvalue weighted by molar-refractivity contribution is -0.135. The first kappa shape index (κ1) is 16.3. The second kappa shape index (κ2) is 6.26. The third kappa shape index (κ3) is 2.95. The van der Waals surface area contributed by atoms with Crippen molar-refractivity contribution in [3.63, 3.8) is 0 Å². The second-order valence-electron chi connectivity index (χ2n) is 7.32. The van der Waals surface area contributed by atoms with E-state index in [-0.39, 0.29) is 23.4 Å². The number of rotatable bonds is 2. The number of carbonyl (C=O) groups is 1. The van der Waals surface area contributed by atoms with Crippen molar-refractivity contribution in [2.45, 2.75) is 32.7 Å². The molecule has 2 aliphatic rings. The summed E-state index contributed by atoms with van der Waals surface area (Å²) in [6.07, 6.45) is 3.13. The lowest BCUT2D eigenvalue weighted by Gasteiger charge is -2.39. The van der Waals surface area contributed by atoms with Crippen molar-refractivity contribution >= 4 is 16.7 Å². The lowest BCUT2D eigenvalue weighted by Crippen LogP contribution is -2.48. The summed E-state index contributed by atoms with van der Waals surface area (Å²) in [7, 11) is 0. The van der Waals surface area contributed by atoms with Gasteiger partial charge in [0.1, 0.15) is 6.54 Å². The fourth-order valence-corrected chi connectivity index (χ4v) is 4.13. The van der Waals surface area contributed by atoms with E-state index in [4.69, 9.17) is 4.74 Å². The van der Waals surface area contributed by atoms with Crippen LogP contribution in [0.25, 0.3) is 10.8 Å². The molecular formula is C19H23N3O3. The van der Waals surface area contributed by atoms with Crippen molar-refractivity contribution in [1.29, 1.82) is 0 Å². The Morgan fingerprint density at radius 1 is 1.28 bits per heavy atom. The molecule has 2 aliphatic heterocycles. The Labute approximate surface area is 146 Å². The number of benzene rings is 1. The van der Waals surface area contributed by atoms with E-state index in [1.807, 2.05) is 30.0 Å². The van der Waals surface area contributed by atoms with Crippen LogP contribution in [0.15, 0.2) is 29.1 Å². The van der Waals surface area contributed by atoms with Gasteiger partial charge in [-0.3, -0.25) is 9.59 Å². The molecule has 0 aliphatic carbocycles. The molecule has 25 heavy (non-hydrogen) atoms. The lowest BCUT2D eigenvalue weighted by atomic mass is 9.79. The van der Waals surface area contributed by atoms with Gasteiger partial charge in [-0.05, 0) is 32.3 Å². The van der Waals surface area contributed by atoms with E-state index < -0.39 is 0 Å². The van der Waals surface area contributed by atoms with E-state index >= 15 is 0 Å². The summed E-state index contributed by atoms with van der Waals surface area (Å²) in [5.41, 5.74) is 0.679. The Morgan fingerprint density at radius 2 is 2.08 bits per heavy atom. The van der Waals surface area contributed by atoms with Crippen LogP contribution in [-0.2, 0) is 16.1 Å². The quantitative estimate of drug-likeness (QED) is 0.834. The number of aryl methyl sites for hydroxylation is 1. The summed E-state index contributed by atoms with van der Waals surface area (Å²) in [6.45, 7) is 4.88. The van der Waals surface area contributed by atoms with E-state index in [9.17, 15) is 9.59 Å². The first-order valence-corrected chi connectivity index (χ1v) is 8.90. The summed E-state index contributed by atoms with van der Waals surface area (Å²) < 4.78 is 6.87. The smallest absolute Gasteiger partial charge is 0.275 e. The van der Waals surface area contributed by atoms with Gasteiger partial charge in [0.2, 0.25) is 5.91 Å². The fourth-order valence-electron chi connectivity index (χ4n) is 4.13. The highest BCUT2D eigenvalue weighted by Gasteiger charge is 2.40. The summed E-state index contributed by atoms with van der Waals surface area (Å²) in [5, 5.41) is 5.81. The molecule has 1 aromatic heterocycles. The molecule has 1 atom stereocenters. The van der Waals surface area contributed by atoms with Gasteiger partial charge in [0.15, 0.2) is 0 Å². The van der Waals surface area contributed by atoms with Gasteiger partial charge in [-0.1, -0.05) is 18.2 Å². The maximum Gasteiger partial charge on any atom is 0.275 e. The van der Waals surface area contributed by atoms with Gasteiger partial charge in [-0.15, -0.1) is 0 Å². The van der Waals surface area contributed by atoms with Gasteiger partial charge < -0.3 is 9.64 Å². The van der Waals surface area contributed by atoms with E-state index in [0.717, 1.165) is 56.6 Å². The molecule has 3 heterocycles. The zero-order valence-corrected chi connectivity index (χ0v) is 14.5. The van der Waals surface area contributed by atoms with Crippen molar-refractivity contribution in [1.82, 2.24) is 14.7 Å². The van der Waals surface area contributed by atoms with Crippen molar-refractivity contribution < 1.29 is 9.53 Å². The zero-order valence-electron chi connectivity index (χ0n) is 14.5. The first-order valence-electron chi connectivity index (χ1n) is 8.90. The topological polar surface area (TPSA) is 64.4 Å². The van der Waals surface area contributed by atoms with Crippen LogP contribution in [0.1, 0.15) is 25.0 Å². The number of piperidine rings is 1. The van der Waals surface area contributed by atoms with Gasteiger partial charge in [-0.25, -0.2) is 4.68 Å². The molecule has 1 amide bonds. The van der Waals surface area contributed by atoms with E-state index in [1.54, 1.807) is 6.07 Å². The predicted octanol–water partition coefficient (Wildman–Crippen LogP) is 1.73. The highest BCUT2D eigenvalue weighted by Crippen LogP contribution is 2.37. The highest BCUT2D eigenvalue weighted by atomic mass is 16.5. The molecular weight excluding hydrogens is 318 g/mol. The Balaban J connectivity index is 1.58. The van der Waals surface area contributed by atoms with Crippen LogP contribution < -0.4 is 5.56 Å². The molecule has 0 unspecified atom stereocenters. The minimum Gasteiger partial charge on any atom is -0.381 e. The summed E-state index contributed by atoms with van der Waals surface area (Å²) in [6, 6.07) is 7.41. The molecule has 6 heteroatoms. The molecule has 0 N–H and O–H groups in total. The van der Waals surface area contributed by atoms with Crippen LogP contribution in [0.3, 0.4) is 0 Å². The number of amides is 1. The molecule has 2 fully saturated rings. The Kier molecular flexibility index (Phi) is 4.07. The van der Waals surface area contributed by atoms with Crippen molar-refractivity contribution in [3.8, 4) is 0 Å². The second-order valence-corrected chi connectivity index (χ2v) is 7.32. The molecule has 0 saturated carbocycles. The monoisotopic (exact) mass is 341 g/mol. The molecule has 0 bridgehead atoms. The summed E-state index contributed by atoms with van der Waals surface area (Å²) >= 11 is 0. The molecule has 4 rings (SSSR count). The number of likely N-dealkylation sites (tertiary alicyclic amines) is 1. The molecule has 6 nitrogen and oxygen atoms in total. The number of hydrogen-bond donors (Lipinski definition) is 0. The van der Waals surface area contributed by atoms with Crippen LogP contribution in [-0.4, -0.2) is 46.9 Å². The predicted molar refractivity (Wildman–Crippen MR) is 94.4 cm³/mol. The van der Waals surface area contributed by atoms with Gasteiger partial charge in [-0.2, -0.15) is 5.10 Å². The van der Waals surface area contributed by atoms with Crippen LogP contribution in [0, 0.1) is 12.3 Å². The number of ether oxygens (including phenoxy) is 1. The van der Waals surface area contributed by atoms with Gasteiger partial charge in [0, 0.05) is 30.5 Å². The number of carbonyl (C=O) groups excluding carboxylic acids is 1. The number of fused-ring (bicyclic) bond motifs is 1. The molecule has 1 spiro atoms. The van der Waals surface area contributed by atoms with Crippen LogP contribution in [0.2, 0.25) is 0 Å². The van der Waals surface area contributed by atoms with Crippen molar-refractivity contribution in [2.75, 3.05) is 26.3 Å². The number of hydrogen-bond acceptors (Lipinski definition) is 4. The van der Waals surface area contributed by atoms with Gasteiger partial charge in [0.05, 0.1) is 17.7 Å². The molecule has 1 aromatic carbocycles. The van der Waals surface area contributed by atoms with Crippen LogP contribution in [0.4, 0.5) is 0 Å².